The van der Waals surface area contributed by atoms with Gasteiger partial charge in [-0.1, -0.05) is 0 Å². The first kappa shape index (κ1) is 26.0. The molecular weight excluding hydrogens is 491 g/mol. The van der Waals surface area contributed by atoms with E-state index in [-0.39, 0.29) is 37.9 Å². The Morgan fingerprint density at radius 2 is 1.80 bits per heavy atom. The minimum atomic E-state index is -4.64. The lowest BCUT2D eigenvalue weighted by Gasteiger charge is -2.33. The van der Waals surface area contributed by atoms with Crippen molar-refractivity contribution in [1.82, 2.24) is 14.6 Å². The van der Waals surface area contributed by atoms with E-state index >= 15 is 0 Å². The van der Waals surface area contributed by atoms with Crippen molar-refractivity contribution in [2.45, 2.75) is 75.4 Å². The second-order valence-electron chi connectivity index (χ2n) is 9.41. The van der Waals surface area contributed by atoms with E-state index in [0.717, 1.165) is 12.3 Å². The smallest absolute Gasteiger partial charge is 0.421 e. The number of nitrogens with zero attached hydrogens (tertiary/aromatic N) is 2. The van der Waals surface area contributed by atoms with Crippen LogP contribution in [0.4, 0.5) is 18.0 Å². The van der Waals surface area contributed by atoms with Crippen molar-refractivity contribution in [3.63, 3.8) is 0 Å². The molecular formula is C22H30F3N3O6S. The molecule has 0 radical (unpaired) electrons. The lowest BCUT2D eigenvalue weighted by Crippen LogP contribution is -2.50. The number of ether oxygens (including phenoxy) is 3. The van der Waals surface area contributed by atoms with Crippen LogP contribution < -0.4 is 9.46 Å². The first-order valence-electron chi connectivity index (χ1n) is 11.7. The van der Waals surface area contributed by atoms with Gasteiger partial charge in [-0.25, -0.2) is 22.9 Å². The number of nitrogens with one attached hydrogen (secondary N) is 1. The molecule has 0 aromatic carbocycles. The zero-order valence-electron chi connectivity index (χ0n) is 19.6. The lowest BCUT2D eigenvalue weighted by atomic mass is 9.85. The lowest BCUT2D eigenvalue weighted by molar-refractivity contribution is -0.139. The number of sulfonamides is 1. The molecule has 35 heavy (non-hydrogen) atoms. The number of alkyl halides is 3. The van der Waals surface area contributed by atoms with Gasteiger partial charge in [-0.2, -0.15) is 13.2 Å². The third-order valence-electron chi connectivity index (χ3n) is 6.80. The molecule has 1 aliphatic carbocycles. The molecule has 0 spiro atoms. The maximum absolute atomic E-state index is 13.5. The van der Waals surface area contributed by atoms with Gasteiger partial charge in [0, 0.05) is 23.7 Å². The molecule has 1 aromatic heterocycles. The Balaban J connectivity index is 1.58. The van der Waals surface area contributed by atoms with Crippen molar-refractivity contribution in [3.05, 3.63) is 23.4 Å². The van der Waals surface area contributed by atoms with Crippen LogP contribution in [0, 0.1) is 0 Å². The topological polar surface area (TPSA) is 107 Å². The van der Waals surface area contributed by atoms with Crippen LogP contribution in [0.5, 0.6) is 5.88 Å². The molecule has 5 rings (SSSR count). The fourth-order valence-corrected chi connectivity index (χ4v) is 5.99. The molecule has 196 valence electrons. The highest BCUT2D eigenvalue weighted by Crippen LogP contribution is 2.39. The normalized spacial score (nSPS) is 30.5. The summed E-state index contributed by atoms with van der Waals surface area (Å²) < 4.78 is 83.6. The molecule has 1 saturated heterocycles. The summed E-state index contributed by atoms with van der Waals surface area (Å²) in [6.45, 7) is 1.31. The number of hydrogen-bond donors (Lipinski definition) is 1. The van der Waals surface area contributed by atoms with Crippen molar-refractivity contribution in [2.24, 2.45) is 0 Å². The number of carbonyl (C=O) groups is 1. The third-order valence-corrected chi connectivity index (χ3v) is 7.53. The summed E-state index contributed by atoms with van der Waals surface area (Å²) >= 11 is 0. The second-order valence-corrected chi connectivity index (χ2v) is 11.2. The Hall–Kier alpha value is -2.12. The number of hydrogen-bond acceptors (Lipinski definition) is 7. The number of carbonyl (C=O) groups excluding carboxylic acids is 1. The van der Waals surface area contributed by atoms with Crippen molar-refractivity contribution < 1.29 is 40.6 Å². The predicted molar refractivity (Wildman–Crippen MR) is 119 cm³/mol. The van der Waals surface area contributed by atoms with E-state index < -0.39 is 45.8 Å². The maximum atomic E-state index is 13.5. The Bertz CT molecular complexity index is 1030. The highest BCUT2D eigenvalue weighted by molar-refractivity contribution is 7.88. The van der Waals surface area contributed by atoms with Crippen LogP contribution in [-0.4, -0.2) is 74.7 Å². The molecule has 1 N–H and O–H groups in total. The summed E-state index contributed by atoms with van der Waals surface area (Å²) in [5.41, 5.74) is -0.447. The highest BCUT2D eigenvalue weighted by Gasteiger charge is 2.44. The van der Waals surface area contributed by atoms with Gasteiger partial charge in [0.15, 0.2) is 0 Å². The molecule has 4 heterocycles. The zero-order valence-corrected chi connectivity index (χ0v) is 20.4. The minimum absolute atomic E-state index is 0.0205. The SMILES string of the molecule is CC1CC(NS(C)(=O)=O)C2COC3CCC(CC3)c3ccc(C(F)(F)F)c(n3)OCCOC(=O)N12. The van der Waals surface area contributed by atoms with E-state index in [2.05, 4.69) is 9.71 Å². The van der Waals surface area contributed by atoms with Gasteiger partial charge in [-0.05, 0) is 51.2 Å². The molecule has 4 aliphatic rings. The minimum Gasteiger partial charge on any atom is -0.474 e. The number of halogens is 3. The molecule has 3 unspecified atom stereocenters. The molecule has 1 aromatic rings. The number of rotatable bonds is 2. The molecule has 9 nitrogen and oxygen atoms in total. The quantitative estimate of drug-likeness (QED) is 0.638. The molecule has 1 amide bonds. The molecule has 4 bridgehead atoms. The number of fused-ring (bicyclic) bond motifs is 7. The van der Waals surface area contributed by atoms with Gasteiger partial charge >= 0.3 is 12.3 Å². The summed E-state index contributed by atoms with van der Waals surface area (Å²) in [4.78, 5) is 18.5. The van der Waals surface area contributed by atoms with Gasteiger partial charge in [0.1, 0.15) is 18.8 Å². The zero-order chi connectivity index (χ0) is 25.4. The standard InChI is InChI=1S/C22H30F3N3O6S/c1-13-11-18(27-35(2,30)31)19-12-34-15-5-3-14(4-6-15)17-8-7-16(22(23,24)25)20(26-17)32-9-10-33-21(29)28(13)19/h7-8,13-15,18-19,27H,3-6,9-12H2,1-2H3. The van der Waals surface area contributed by atoms with Crippen LogP contribution in [0.15, 0.2) is 12.1 Å². The van der Waals surface area contributed by atoms with E-state index in [1.54, 1.807) is 6.92 Å². The largest absolute Gasteiger partial charge is 0.474 e. The van der Waals surface area contributed by atoms with E-state index in [9.17, 15) is 26.4 Å². The number of pyridine rings is 1. The Morgan fingerprint density at radius 1 is 1.11 bits per heavy atom. The van der Waals surface area contributed by atoms with Gasteiger partial charge in [0.25, 0.3) is 0 Å². The second kappa shape index (κ2) is 10.1. The van der Waals surface area contributed by atoms with Crippen molar-refractivity contribution in [3.8, 4) is 5.88 Å². The fraction of sp³-hybridized carbons (Fsp3) is 0.727. The van der Waals surface area contributed by atoms with Crippen LogP contribution >= 0.6 is 0 Å². The van der Waals surface area contributed by atoms with Crippen LogP contribution in [0.25, 0.3) is 0 Å². The summed E-state index contributed by atoms with van der Waals surface area (Å²) in [6, 6.07) is 0.925. The molecule has 3 atom stereocenters. The Kier molecular flexibility index (Phi) is 7.49. The average molecular weight is 522 g/mol. The summed E-state index contributed by atoms with van der Waals surface area (Å²) in [6.07, 6.45) is -1.32. The van der Waals surface area contributed by atoms with Crippen LogP contribution in [0.1, 0.15) is 56.2 Å². The van der Waals surface area contributed by atoms with Crippen LogP contribution in [0.2, 0.25) is 0 Å². The molecule has 1 saturated carbocycles. The first-order valence-corrected chi connectivity index (χ1v) is 13.6. The van der Waals surface area contributed by atoms with Crippen molar-refractivity contribution >= 4 is 16.1 Å². The molecule has 13 heteroatoms. The Morgan fingerprint density at radius 3 is 2.46 bits per heavy atom. The van der Waals surface area contributed by atoms with E-state index in [0.29, 0.717) is 37.8 Å². The highest BCUT2D eigenvalue weighted by atomic mass is 32.2. The summed E-state index contributed by atoms with van der Waals surface area (Å²) in [7, 11) is -3.53. The summed E-state index contributed by atoms with van der Waals surface area (Å²) in [5, 5.41) is 0. The van der Waals surface area contributed by atoms with Gasteiger partial charge in [-0.15, -0.1) is 0 Å². The van der Waals surface area contributed by atoms with Crippen LogP contribution in [0.3, 0.4) is 0 Å². The van der Waals surface area contributed by atoms with Gasteiger partial charge in [0.2, 0.25) is 15.9 Å². The maximum Gasteiger partial charge on any atom is 0.421 e. The third kappa shape index (κ3) is 6.18. The number of aromatic nitrogens is 1. The average Bonchev–Trinajstić information content (AvgIpc) is 3.07. The molecule has 2 fully saturated rings. The predicted octanol–water partition coefficient (Wildman–Crippen LogP) is 3.05. The van der Waals surface area contributed by atoms with Crippen LogP contribution in [-0.2, 0) is 25.7 Å². The monoisotopic (exact) mass is 521 g/mol. The first-order chi connectivity index (χ1) is 16.4. The van der Waals surface area contributed by atoms with Gasteiger partial charge in [0.05, 0.1) is 25.0 Å². The van der Waals surface area contributed by atoms with Crippen molar-refractivity contribution in [1.29, 1.82) is 0 Å². The van der Waals surface area contributed by atoms with Gasteiger partial charge in [-0.3, -0.25) is 4.90 Å². The van der Waals surface area contributed by atoms with E-state index in [1.807, 2.05) is 0 Å². The molecule has 3 aliphatic heterocycles. The fourth-order valence-electron chi connectivity index (χ4n) is 5.18. The summed E-state index contributed by atoms with van der Waals surface area (Å²) in [5.74, 6) is -0.547. The number of amides is 1. The van der Waals surface area contributed by atoms with Crippen molar-refractivity contribution in [2.75, 3.05) is 26.1 Å². The van der Waals surface area contributed by atoms with E-state index in [4.69, 9.17) is 14.2 Å². The Labute approximate surface area is 202 Å². The van der Waals surface area contributed by atoms with Gasteiger partial charge < -0.3 is 14.2 Å². The van der Waals surface area contributed by atoms with E-state index in [1.165, 1.54) is 11.0 Å².